The van der Waals surface area contributed by atoms with Crippen molar-refractivity contribution in [1.82, 2.24) is 5.32 Å². The Morgan fingerprint density at radius 3 is 2.55 bits per heavy atom. The number of carbonyl (C=O) groups excluding carboxylic acids is 2. The smallest absolute Gasteiger partial charge is 0.407 e. The summed E-state index contributed by atoms with van der Waals surface area (Å²) in [6, 6.07) is 10.5. The summed E-state index contributed by atoms with van der Waals surface area (Å²) >= 11 is 1.53. The molecule has 0 aliphatic heterocycles. The molecule has 0 aliphatic rings. The van der Waals surface area contributed by atoms with Gasteiger partial charge in [-0.3, -0.25) is 4.79 Å². The summed E-state index contributed by atoms with van der Waals surface area (Å²) < 4.78 is 5.06. The van der Waals surface area contributed by atoms with Gasteiger partial charge < -0.3 is 15.8 Å². The van der Waals surface area contributed by atoms with Crippen molar-refractivity contribution in [2.75, 3.05) is 0 Å². The Morgan fingerprint density at radius 2 is 1.95 bits per heavy atom. The standard InChI is InChI=1S/C14H14N2O3S/c15-13(17)11-5-3-10(4-6-11)8-16-14(18)19-9-12-2-1-7-20-12/h1-7H,8-9H2,(H2,15,17)(H,16,18). The average Bonchev–Trinajstić information content (AvgIpc) is 2.96. The first-order chi connectivity index (χ1) is 9.65. The van der Waals surface area contributed by atoms with Gasteiger partial charge in [-0.1, -0.05) is 18.2 Å². The van der Waals surface area contributed by atoms with Gasteiger partial charge in [0.05, 0.1) is 0 Å². The van der Waals surface area contributed by atoms with Crippen LogP contribution in [0.3, 0.4) is 0 Å². The molecule has 0 unspecified atom stereocenters. The molecular weight excluding hydrogens is 276 g/mol. The lowest BCUT2D eigenvalue weighted by Crippen LogP contribution is -2.23. The molecule has 1 aromatic heterocycles. The van der Waals surface area contributed by atoms with Crippen molar-refractivity contribution in [3.63, 3.8) is 0 Å². The van der Waals surface area contributed by atoms with E-state index < -0.39 is 12.0 Å². The number of benzene rings is 1. The molecule has 0 aliphatic carbocycles. The van der Waals surface area contributed by atoms with E-state index in [-0.39, 0.29) is 6.61 Å². The molecular formula is C14H14N2O3S. The number of nitrogens with one attached hydrogen (secondary N) is 1. The number of thiophene rings is 1. The van der Waals surface area contributed by atoms with Crippen LogP contribution in [0.25, 0.3) is 0 Å². The minimum atomic E-state index is -0.475. The van der Waals surface area contributed by atoms with Gasteiger partial charge in [0, 0.05) is 17.0 Å². The van der Waals surface area contributed by atoms with Crippen molar-refractivity contribution in [3.8, 4) is 0 Å². The van der Waals surface area contributed by atoms with Gasteiger partial charge in [-0.2, -0.15) is 0 Å². The Balaban J connectivity index is 1.76. The Morgan fingerprint density at radius 1 is 1.20 bits per heavy atom. The fourth-order valence-electron chi connectivity index (χ4n) is 1.54. The maximum atomic E-state index is 11.5. The lowest BCUT2D eigenvalue weighted by Gasteiger charge is -2.06. The fraction of sp³-hybridized carbons (Fsp3) is 0.143. The van der Waals surface area contributed by atoms with Gasteiger partial charge in [0.25, 0.3) is 0 Å². The van der Waals surface area contributed by atoms with Gasteiger partial charge in [-0.25, -0.2) is 4.79 Å². The number of nitrogens with two attached hydrogens (primary N) is 1. The summed E-state index contributed by atoms with van der Waals surface area (Å²) in [6.45, 7) is 0.604. The third-order valence-electron chi connectivity index (χ3n) is 2.60. The first kappa shape index (κ1) is 14.1. The highest BCUT2D eigenvalue weighted by atomic mass is 32.1. The molecule has 3 N–H and O–H groups in total. The predicted octanol–water partition coefficient (Wildman–Crippen LogP) is 2.27. The van der Waals surface area contributed by atoms with E-state index in [9.17, 15) is 9.59 Å². The predicted molar refractivity (Wildman–Crippen MR) is 76.3 cm³/mol. The highest BCUT2D eigenvalue weighted by Crippen LogP contribution is 2.09. The molecule has 0 spiro atoms. The number of rotatable bonds is 5. The second kappa shape index (κ2) is 6.72. The van der Waals surface area contributed by atoms with Crippen molar-refractivity contribution in [2.45, 2.75) is 13.2 Å². The molecule has 2 rings (SSSR count). The third kappa shape index (κ3) is 4.10. The van der Waals surface area contributed by atoms with E-state index in [1.54, 1.807) is 24.3 Å². The molecule has 0 saturated carbocycles. The number of ether oxygens (including phenoxy) is 1. The summed E-state index contributed by atoms with van der Waals surface area (Å²) in [4.78, 5) is 23.4. The zero-order valence-corrected chi connectivity index (χ0v) is 11.5. The minimum absolute atomic E-state index is 0.268. The van der Waals surface area contributed by atoms with E-state index in [1.807, 2.05) is 17.5 Å². The molecule has 2 aromatic rings. The molecule has 5 nitrogen and oxygen atoms in total. The topological polar surface area (TPSA) is 81.4 Å². The van der Waals surface area contributed by atoms with E-state index in [0.717, 1.165) is 10.4 Å². The van der Waals surface area contributed by atoms with Crippen LogP contribution in [-0.4, -0.2) is 12.0 Å². The summed E-state index contributed by atoms with van der Waals surface area (Å²) in [7, 11) is 0. The van der Waals surface area contributed by atoms with Gasteiger partial charge in [-0.05, 0) is 29.1 Å². The molecule has 2 amide bonds. The Hall–Kier alpha value is -2.34. The van der Waals surface area contributed by atoms with Crippen LogP contribution in [-0.2, 0) is 17.9 Å². The van der Waals surface area contributed by atoms with Crippen molar-refractivity contribution < 1.29 is 14.3 Å². The zero-order valence-electron chi connectivity index (χ0n) is 10.7. The summed E-state index contributed by atoms with van der Waals surface area (Å²) in [5.41, 5.74) is 6.45. The summed E-state index contributed by atoms with van der Waals surface area (Å²) in [5.74, 6) is -0.472. The number of alkyl carbamates (subject to hydrolysis) is 1. The van der Waals surface area contributed by atoms with Gasteiger partial charge >= 0.3 is 6.09 Å². The van der Waals surface area contributed by atoms with Crippen LogP contribution >= 0.6 is 11.3 Å². The number of amides is 2. The first-order valence-corrected chi connectivity index (χ1v) is 6.85. The van der Waals surface area contributed by atoms with Crippen LogP contribution in [0, 0.1) is 0 Å². The van der Waals surface area contributed by atoms with Crippen molar-refractivity contribution in [2.24, 2.45) is 5.73 Å². The minimum Gasteiger partial charge on any atom is -0.444 e. The van der Waals surface area contributed by atoms with Crippen LogP contribution in [0.1, 0.15) is 20.8 Å². The van der Waals surface area contributed by atoms with Crippen LogP contribution in [0.4, 0.5) is 4.79 Å². The second-order valence-corrected chi connectivity index (χ2v) is 5.10. The lowest BCUT2D eigenvalue weighted by atomic mass is 10.1. The number of hydrogen-bond donors (Lipinski definition) is 2. The highest BCUT2D eigenvalue weighted by molar-refractivity contribution is 7.09. The fourth-order valence-corrected chi connectivity index (χ4v) is 2.16. The second-order valence-electron chi connectivity index (χ2n) is 4.07. The molecule has 0 saturated heterocycles. The number of carbonyl (C=O) groups is 2. The van der Waals surface area contributed by atoms with Crippen LogP contribution < -0.4 is 11.1 Å². The van der Waals surface area contributed by atoms with Crippen molar-refractivity contribution >= 4 is 23.3 Å². The van der Waals surface area contributed by atoms with Gasteiger partial charge in [0.1, 0.15) is 6.61 Å². The maximum absolute atomic E-state index is 11.5. The highest BCUT2D eigenvalue weighted by Gasteiger charge is 2.04. The Bertz CT molecular complexity index is 579. The normalized spacial score (nSPS) is 10.0. The van der Waals surface area contributed by atoms with E-state index in [0.29, 0.717) is 12.1 Å². The van der Waals surface area contributed by atoms with Crippen molar-refractivity contribution in [3.05, 3.63) is 57.8 Å². The Labute approximate surface area is 120 Å². The lowest BCUT2D eigenvalue weighted by molar-refractivity contribution is 0.1000. The van der Waals surface area contributed by atoms with Gasteiger partial charge in [0.15, 0.2) is 0 Å². The van der Waals surface area contributed by atoms with E-state index in [1.165, 1.54) is 11.3 Å². The molecule has 0 fully saturated rings. The van der Waals surface area contributed by atoms with E-state index in [2.05, 4.69) is 5.32 Å². The third-order valence-corrected chi connectivity index (χ3v) is 3.45. The van der Waals surface area contributed by atoms with Crippen molar-refractivity contribution in [1.29, 1.82) is 0 Å². The molecule has 0 radical (unpaired) electrons. The molecule has 20 heavy (non-hydrogen) atoms. The molecule has 104 valence electrons. The van der Waals surface area contributed by atoms with E-state index in [4.69, 9.17) is 10.5 Å². The van der Waals surface area contributed by atoms with Crippen LogP contribution in [0.2, 0.25) is 0 Å². The quantitative estimate of drug-likeness (QED) is 0.886. The largest absolute Gasteiger partial charge is 0.444 e. The Kier molecular flexibility index (Phi) is 4.73. The summed E-state index contributed by atoms with van der Waals surface area (Å²) in [6.07, 6.45) is -0.475. The first-order valence-electron chi connectivity index (χ1n) is 5.97. The number of hydrogen-bond acceptors (Lipinski definition) is 4. The maximum Gasteiger partial charge on any atom is 0.407 e. The molecule has 1 aromatic carbocycles. The molecule has 6 heteroatoms. The van der Waals surface area contributed by atoms with Gasteiger partial charge in [0.2, 0.25) is 5.91 Å². The average molecular weight is 290 g/mol. The molecule has 0 bridgehead atoms. The van der Waals surface area contributed by atoms with Crippen LogP contribution in [0.15, 0.2) is 41.8 Å². The monoisotopic (exact) mass is 290 g/mol. The SMILES string of the molecule is NC(=O)c1ccc(CNC(=O)OCc2cccs2)cc1. The van der Waals surface area contributed by atoms with Gasteiger partial charge in [-0.15, -0.1) is 11.3 Å². The number of primary amides is 1. The summed E-state index contributed by atoms with van der Waals surface area (Å²) in [5, 5.41) is 4.56. The molecule has 0 atom stereocenters. The zero-order chi connectivity index (χ0) is 14.4. The van der Waals surface area contributed by atoms with E-state index >= 15 is 0 Å². The van der Waals surface area contributed by atoms with Crippen LogP contribution in [0.5, 0.6) is 0 Å². The molecule has 1 heterocycles.